The van der Waals surface area contributed by atoms with Gasteiger partial charge in [-0.1, -0.05) is 148 Å². The van der Waals surface area contributed by atoms with Crippen LogP contribution in [0.15, 0.2) is 109 Å². The zero-order chi connectivity index (χ0) is 41.9. The van der Waals surface area contributed by atoms with Crippen LogP contribution >= 0.6 is 45.2 Å². The SMILES string of the molecule is CC1(C)O[C@@H]2COc3ccccc3[C@@H]2N1C(=O)[C@H](Cc1ccccc1)C[C@H](O)CI.CC1(C)O[C@@H]2Cc3ccccc3[C@@H]2N1C(=O)[C@H](Cc1ccccc1)C[C@H](O)CI. The van der Waals surface area contributed by atoms with Crippen molar-refractivity contribution in [3.8, 4) is 5.75 Å². The monoisotopic (exact) mass is 1030 g/mol. The number of para-hydroxylation sites is 1. The van der Waals surface area contributed by atoms with E-state index in [1.165, 1.54) is 11.1 Å². The zero-order valence-corrected chi connectivity index (χ0v) is 38.6. The van der Waals surface area contributed by atoms with Gasteiger partial charge in [0.05, 0.1) is 30.4 Å². The maximum Gasteiger partial charge on any atom is 0.228 e. The third-order valence-electron chi connectivity index (χ3n) is 12.0. The number of carbonyl (C=O) groups is 2. The molecule has 4 aromatic rings. The Morgan fingerprint density at radius 1 is 0.644 bits per heavy atom. The van der Waals surface area contributed by atoms with Crippen molar-refractivity contribution < 1.29 is 34.0 Å². The minimum Gasteiger partial charge on any atom is -0.490 e. The first-order chi connectivity index (χ1) is 28.3. The predicted molar refractivity (Wildman–Crippen MR) is 245 cm³/mol. The number of hydrogen-bond donors (Lipinski definition) is 2. The highest BCUT2D eigenvalue weighted by Gasteiger charge is 2.55. The van der Waals surface area contributed by atoms with Gasteiger partial charge in [-0.25, -0.2) is 0 Å². The van der Waals surface area contributed by atoms with Gasteiger partial charge in [0.15, 0.2) is 0 Å². The van der Waals surface area contributed by atoms with Gasteiger partial charge in [0.25, 0.3) is 0 Å². The maximum absolute atomic E-state index is 14.0. The molecule has 1 aliphatic carbocycles. The van der Waals surface area contributed by atoms with Gasteiger partial charge in [0, 0.05) is 32.7 Å². The number of hydrogen-bond acceptors (Lipinski definition) is 7. The number of rotatable bonds is 12. The molecular formula is C48H56I2N2O7. The molecule has 9 nitrogen and oxygen atoms in total. The molecule has 2 amide bonds. The molecule has 0 bridgehead atoms. The molecule has 0 spiro atoms. The molecule has 314 valence electrons. The number of alkyl halides is 2. The first-order valence-corrected chi connectivity index (χ1v) is 23.7. The molecule has 2 fully saturated rings. The second kappa shape index (κ2) is 18.9. The zero-order valence-electron chi connectivity index (χ0n) is 34.3. The molecule has 3 aliphatic heterocycles. The summed E-state index contributed by atoms with van der Waals surface area (Å²) in [7, 11) is 0. The number of carbonyl (C=O) groups excluding carboxylic acids is 2. The predicted octanol–water partition coefficient (Wildman–Crippen LogP) is 8.42. The molecule has 0 unspecified atom stereocenters. The lowest BCUT2D eigenvalue weighted by molar-refractivity contribution is -0.154. The Bertz CT molecular complexity index is 2050. The molecule has 0 saturated carbocycles. The fraction of sp³-hybridized carbons (Fsp3) is 0.458. The molecule has 8 rings (SSSR count). The van der Waals surface area contributed by atoms with E-state index in [1.807, 2.05) is 122 Å². The van der Waals surface area contributed by atoms with E-state index in [2.05, 4.69) is 69.4 Å². The summed E-state index contributed by atoms with van der Waals surface area (Å²) in [5, 5.41) is 20.8. The standard InChI is InChI=1S/C24H28INO4.C24H28INO3/c1-24(2)26(22-19-10-6-7-11-20(19)29-15-21(22)30-24)23(28)17(13-18(27)14-25)12-16-8-4-3-5-9-16;1-24(2)26(22-20-11-7-6-10-17(20)14-21(22)29-24)23(28)18(13-19(27)15-25)12-16-8-4-3-5-9-16/h3-11,17-18,21-22,27H,12-15H2,1-2H3;3-11,18-19,21-22,27H,12-15H2,1-2H3/t17-,18+,21-,22+;18-,19+,21-,22+/m11/s1. The summed E-state index contributed by atoms with van der Waals surface area (Å²) >= 11 is 4.35. The number of ether oxygens (including phenoxy) is 3. The van der Waals surface area contributed by atoms with Crippen LogP contribution in [0.1, 0.15) is 80.4 Å². The second-order valence-electron chi connectivity index (χ2n) is 17.1. The summed E-state index contributed by atoms with van der Waals surface area (Å²) in [5.74, 6) is 0.305. The Labute approximate surface area is 376 Å². The summed E-state index contributed by atoms with van der Waals surface area (Å²) in [5.41, 5.74) is 4.25. The highest BCUT2D eigenvalue weighted by molar-refractivity contribution is 14.1. The normalized spacial score (nSPS) is 23.9. The highest BCUT2D eigenvalue weighted by Crippen LogP contribution is 2.50. The van der Waals surface area contributed by atoms with Crippen molar-refractivity contribution in [3.05, 3.63) is 137 Å². The van der Waals surface area contributed by atoms with E-state index >= 15 is 0 Å². The van der Waals surface area contributed by atoms with E-state index in [9.17, 15) is 19.8 Å². The van der Waals surface area contributed by atoms with Gasteiger partial charge in [-0.15, -0.1) is 0 Å². The van der Waals surface area contributed by atoms with Crippen LogP contribution in [0.2, 0.25) is 0 Å². The summed E-state index contributed by atoms with van der Waals surface area (Å²) in [6.07, 6.45) is 1.73. The van der Waals surface area contributed by atoms with Gasteiger partial charge in [-0.3, -0.25) is 9.59 Å². The number of amides is 2. The smallest absolute Gasteiger partial charge is 0.228 e. The third kappa shape index (κ3) is 9.70. The molecule has 4 aromatic carbocycles. The molecule has 2 N–H and O–H groups in total. The van der Waals surface area contributed by atoms with Crippen LogP contribution in [0.4, 0.5) is 0 Å². The van der Waals surface area contributed by atoms with Gasteiger partial charge < -0.3 is 34.2 Å². The molecule has 0 aromatic heterocycles. The van der Waals surface area contributed by atoms with Gasteiger partial charge in [-0.05, 0) is 81.7 Å². The molecule has 11 heteroatoms. The van der Waals surface area contributed by atoms with Crippen LogP contribution in [0.25, 0.3) is 0 Å². The average molecular weight is 1030 g/mol. The topological polar surface area (TPSA) is 109 Å². The van der Waals surface area contributed by atoms with Gasteiger partial charge >= 0.3 is 0 Å². The van der Waals surface area contributed by atoms with Gasteiger partial charge in [-0.2, -0.15) is 0 Å². The number of benzene rings is 4. The van der Waals surface area contributed by atoms with Crippen LogP contribution in [0, 0.1) is 11.8 Å². The quantitative estimate of drug-likeness (QED) is 0.108. The Morgan fingerprint density at radius 2 is 1.08 bits per heavy atom. The molecule has 8 atom stereocenters. The number of halogens is 2. The van der Waals surface area contributed by atoms with Crippen molar-refractivity contribution in [2.24, 2.45) is 11.8 Å². The van der Waals surface area contributed by atoms with E-state index in [1.54, 1.807) is 0 Å². The van der Waals surface area contributed by atoms with Crippen molar-refractivity contribution in [1.29, 1.82) is 0 Å². The van der Waals surface area contributed by atoms with Crippen LogP contribution in [-0.4, -0.2) is 83.2 Å². The minimum atomic E-state index is -0.753. The molecule has 2 saturated heterocycles. The summed E-state index contributed by atoms with van der Waals surface area (Å²) in [6.45, 7) is 8.29. The van der Waals surface area contributed by atoms with Crippen LogP contribution in [-0.2, 0) is 38.3 Å². The van der Waals surface area contributed by atoms with Crippen LogP contribution < -0.4 is 4.74 Å². The Morgan fingerprint density at radius 3 is 1.61 bits per heavy atom. The summed E-state index contributed by atoms with van der Waals surface area (Å²) < 4.78 is 19.8. The van der Waals surface area contributed by atoms with Crippen LogP contribution in [0.3, 0.4) is 0 Å². The van der Waals surface area contributed by atoms with Crippen molar-refractivity contribution >= 4 is 57.0 Å². The van der Waals surface area contributed by atoms with Crippen molar-refractivity contribution in [2.45, 2.75) is 108 Å². The molecule has 3 heterocycles. The molecule has 4 aliphatic rings. The molecular weight excluding hydrogens is 970 g/mol. The number of nitrogens with zero attached hydrogens (tertiary/aromatic N) is 2. The summed E-state index contributed by atoms with van der Waals surface area (Å²) in [6, 6.07) is 36.1. The van der Waals surface area contributed by atoms with Gasteiger partial charge in [0.1, 0.15) is 29.9 Å². The third-order valence-corrected chi connectivity index (χ3v) is 14.1. The number of aliphatic hydroxyl groups is 2. The minimum absolute atomic E-state index is 0.00164. The Kier molecular flexibility index (Phi) is 14.1. The molecule has 0 radical (unpaired) electrons. The van der Waals surface area contributed by atoms with Crippen molar-refractivity contribution in [2.75, 3.05) is 15.5 Å². The average Bonchev–Trinajstić information content (AvgIpc) is 3.82. The van der Waals surface area contributed by atoms with Crippen LogP contribution in [0.5, 0.6) is 5.75 Å². The lowest BCUT2D eigenvalue weighted by Crippen LogP contribution is -2.49. The fourth-order valence-corrected chi connectivity index (χ4v) is 10.2. The maximum atomic E-state index is 14.0. The molecule has 59 heavy (non-hydrogen) atoms. The summed E-state index contributed by atoms with van der Waals surface area (Å²) in [4.78, 5) is 31.7. The Hall–Kier alpha value is -3.08. The second-order valence-corrected chi connectivity index (χ2v) is 18.9. The van der Waals surface area contributed by atoms with Crippen molar-refractivity contribution in [3.63, 3.8) is 0 Å². The van der Waals surface area contributed by atoms with E-state index in [-0.39, 0.29) is 47.9 Å². The lowest BCUT2D eigenvalue weighted by Gasteiger charge is -2.38. The Balaban J connectivity index is 0.000000179. The van der Waals surface area contributed by atoms with Gasteiger partial charge in [0.2, 0.25) is 11.8 Å². The van der Waals surface area contributed by atoms with E-state index < -0.39 is 23.7 Å². The fourth-order valence-electron chi connectivity index (χ4n) is 9.52. The lowest BCUT2D eigenvalue weighted by atomic mass is 9.90. The highest BCUT2D eigenvalue weighted by atomic mass is 127. The number of fused-ring (bicyclic) bond motifs is 6. The van der Waals surface area contributed by atoms with Crippen molar-refractivity contribution in [1.82, 2.24) is 9.80 Å². The van der Waals surface area contributed by atoms with E-state index in [0.717, 1.165) is 28.9 Å². The number of aliphatic hydroxyl groups excluding tert-OH is 2. The van der Waals surface area contributed by atoms with E-state index in [4.69, 9.17) is 14.2 Å². The first-order valence-electron chi connectivity index (χ1n) is 20.7. The largest absolute Gasteiger partial charge is 0.490 e. The first kappa shape index (κ1) is 44.0. The van der Waals surface area contributed by atoms with E-state index in [0.29, 0.717) is 41.1 Å².